The van der Waals surface area contributed by atoms with Gasteiger partial charge in [0.25, 0.3) is 5.91 Å². The van der Waals surface area contributed by atoms with Crippen molar-refractivity contribution < 1.29 is 9.59 Å². The standard InChI is InChI=1S/C23H24N6O2/c1-28-14-18(13-26-28)17-11-20(22(24)25-12-17)23(31)27-19-9-10-29(15-19)21(30)8-7-16-5-3-2-4-6-16/h2-8,11-14,19H,9-10,15H2,1H3,(H2,24,25)(H,27,31)/t19-/m1/s1. The molecule has 1 saturated heterocycles. The number of nitrogens with one attached hydrogen (secondary N) is 1. The zero-order valence-corrected chi connectivity index (χ0v) is 17.2. The summed E-state index contributed by atoms with van der Waals surface area (Å²) in [6, 6.07) is 11.2. The quantitative estimate of drug-likeness (QED) is 0.620. The summed E-state index contributed by atoms with van der Waals surface area (Å²) < 4.78 is 1.68. The molecule has 2 aromatic heterocycles. The van der Waals surface area contributed by atoms with Gasteiger partial charge in [-0.05, 0) is 24.1 Å². The van der Waals surface area contributed by atoms with Crippen LogP contribution in [-0.4, -0.2) is 50.6 Å². The van der Waals surface area contributed by atoms with E-state index < -0.39 is 0 Å². The second-order valence-electron chi connectivity index (χ2n) is 7.55. The van der Waals surface area contributed by atoms with Crippen molar-refractivity contribution in [3.05, 3.63) is 72.2 Å². The molecule has 1 aromatic carbocycles. The normalized spacial score (nSPS) is 16.0. The van der Waals surface area contributed by atoms with Crippen LogP contribution in [0.4, 0.5) is 5.82 Å². The molecule has 8 heteroatoms. The maximum atomic E-state index is 12.8. The first kappa shape index (κ1) is 20.3. The van der Waals surface area contributed by atoms with Gasteiger partial charge in [-0.25, -0.2) is 4.98 Å². The molecule has 4 rings (SSSR count). The minimum absolute atomic E-state index is 0.0691. The number of aromatic nitrogens is 3. The predicted molar refractivity (Wildman–Crippen MR) is 119 cm³/mol. The van der Waals surface area contributed by atoms with Crippen LogP contribution in [0.25, 0.3) is 17.2 Å². The van der Waals surface area contributed by atoms with Gasteiger partial charge < -0.3 is 16.0 Å². The molecule has 0 saturated carbocycles. The lowest BCUT2D eigenvalue weighted by Gasteiger charge is -2.16. The highest BCUT2D eigenvalue weighted by Crippen LogP contribution is 2.22. The maximum Gasteiger partial charge on any atom is 0.255 e. The van der Waals surface area contributed by atoms with E-state index in [9.17, 15) is 9.59 Å². The molecule has 1 aliphatic heterocycles. The van der Waals surface area contributed by atoms with Gasteiger partial charge in [0.1, 0.15) is 5.82 Å². The molecule has 3 heterocycles. The number of pyridine rings is 1. The van der Waals surface area contributed by atoms with Crippen LogP contribution in [0, 0.1) is 0 Å². The van der Waals surface area contributed by atoms with E-state index in [1.165, 1.54) is 0 Å². The van der Waals surface area contributed by atoms with Gasteiger partial charge in [-0.15, -0.1) is 0 Å². The summed E-state index contributed by atoms with van der Waals surface area (Å²) in [5.41, 5.74) is 8.85. The Labute approximate surface area is 180 Å². The number of nitrogens with two attached hydrogens (primary N) is 1. The lowest BCUT2D eigenvalue weighted by molar-refractivity contribution is -0.125. The third-order valence-corrected chi connectivity index (χ3v) is 5.25. The second kappa shape index (κ2) is 8.83. The molecule has 0 spiro atoms. The van der Waals surface area contributed by atoms with Gasteiger partial charge in [0.15, 0.2) is 0 Å². The average Bonchev–Trinajstić information content (AvgIpc) is 3.42. The van der Waals surface area contributed by atoms with Crippen LogP contribution in [0.1, 0.15) is 22.3 Å². The molecule has 158 valence electrons. The van der Waals surface area contributed by atoms with Crippen molar-refractivity contribution >= 4 is 23.7 Å². The Kier molecular flexibility index (Phi) is 5.79. The Bertz CT molecular complexity index is 1120. The average molecular weight is 416 g/mol. The topological polar surface area (TPSA) is 106 Å². The van der Waals surface area contributed by atoms with Crippen LogP contribution >= 0.6 is 0 Å². The number of rotatable bonds is 5. The van der Waals surface area contributed by atoms with Crippen molar-refractivity contribution in [3.8, 4) is 11.1 Å². The van der Waals surface area contributed by atoms with Gasteiger partial charge in [0.05, 0.1) is 11.8 Å². The fourth-order valence-electron chi connectivity index (χ4n) is 3.56. The van der Waals surface area contributed by atoms with Crippen molar-refractivity contribution in [3.63, 3.8) is 0 Å². The van der Waals surface area contributed by atoms with Crippen molar-refractivity contribution in [1.29, 1.82) is 0 Å². The molecule has 31 heavy (non-hydrogen) atoms. The van der Waals surface area contributed by atoms with Gasteiger partial charge in [0.2, 0.25) is 5.91 Å². The summed E-state index contributed by atoms with van der Waals surface area (Å²) in [7, 11) is 1.82. The summed E-state index contributed by atoms with van der Waals surface area (Å²) in [5, 5.41) is 7.13. The van der Waals surface area contributed by atoms with Crippen molar-refractivity contribution in [1.82, 2.24) is 25.0 Å². The number of amides is 2. The van der Waals surface area contributed by atoms with Crippen LogP contribution in [0.15, 0.2) is 61.1 Å². The van der Waals surface area contributed by atoms with Crippen molar-refractivity contribution in [2.24, 2.45) is 7.05 Å². The number of hydrogen-bond donors (Lipinski definition) is 2. The Morgan fingerprint density at radius 1 is 1.19 bits per heavy atom. The largest absolute Gasteiger partial charge is 0.383 e. The molecular formula is C23H24N6O2. The van der Waals surface area contributed by atoms with E-state index in [2.05, 4.69) is 15.4 Å². The van der Waals surface area contributed by atoms with Gasteiger partial charge in [-0.1, -0.05) is 30.3 Å². The van der Waals surface area contributed by atoms with Crippen LogP contribution < -0.4 is 11.1 Å². The number of carbonyl (C=O) groups excluding carboxylic acids is 2. The minimum Gasteiger partial charge on any atom is -0.383 e. The lowest BCUT2D eigenvalue weighted by Crippen LogP contribution is -2.38. The van der Waals surface area contributed by atoms with E-state index in [-0.39, 0.29) is 23.7 Å². The summed E-state index contributed by atoms with van der Waals surface area (Å²) in [4.78, 5) is 31.2. The molecule has 3 aromatic rings. The van der Waals surface area contributed by atoms with Gasteiger partial charge in [0, 0.05) is 55.8 Å². The van der Waals surface area contributed by atoms with E-state index in [1.807, 2.05) is 43.6 Å². The molecule has 1 aliphatic rings. The smallest absolute Gasteiger partial charge is 0.255 e. The summed E-state index contributed by atoms with van der Waals surface area (Å²) >= 11 is 0. The highest BCUT2D eigenvalue weighted by molar-refractivity contribution is 5.99. The van der Waals surface area contributed by atoms with Crippen LogP contribution in [0.2, 0.25) is 0 Å². The number of nitrogens with zero attached hydrogens (tertiary/aromatic N) is 4. The molecular weight excluding hydrogens is 392 g/mol. The summed E-state index contributed by atoms with van der Waals surface area (Å²) in [5.74, 6) is -0.197. The molecule has 1 atom stereocenters. The van der Waals surface area contributed by atoms with Gasteiger partial charge in [-0.2, -0.15) is 5.10 Å². The third kappa shape index (κ3) is 4.80. The van der Waals surface area contributed by atoms with E-state index in [4.69, 9.17) is 5.73 Å². The zero-order chi connectivity index (χ0) is 21.8. The molecule has 0 aliphatic carbocycles. The zero-order valence-electron chi connectivity index (χ0n) is 17.2. The van der Waals surface area contributed by atoms with Gasteiger partial charge in [-0.3, -0.25) is 14.3 Å². The first-order chi connectivity index (χ1) is 15.0. The predicted octanol–water partition coefficient (Wildman–Crippen LogP) is 2.11. The van der Waals surface area contributed by atoms with E-state index >= 15 is 0 Å². The van der Waals surface area contributed by atoms with Crippen LogP contribution in [0.5, 0.6) is 0 Å². The Morgan fingerprint density at radius 3 is 2.74 bits per heavy atom. The fraction of sp³-hybridized carbons (Fsp3) is 0.217. The highest BCUT2D eigenvalue weighted by Gasteiger charge is 2.27. The number of aryl methyl sites for hydroxylation is 1. The fourth-order valence-corrected chi connectivity index (χ4v) is 3.56. The molecule has 0 unspecified atom stereocenters. The molecule has 2 amide bonds. The SMILES string of the molecule is Cn1cc(-c2cnc(N)c(C(=O)N[C@@H]3CCN(C(=O)C=Cc4ccccc4)C3)c2)cn1. The first-order valence-electron chi connectivity index (χ1n) is 10.1. The van der Waals surface area contributed by atoms with Crippen LogP contribution in [-0.2, 0) is 11.8 Å². The van der Waals surface area contributed by atoms with E-state index in [0.29, 0.717) is 25.1 Å². The van der Waals surface area contributed by atoms with Crippen molar-refractivity contribution in [2.45, 2.75) is 12.5 Å². The number of benzene rings is 1. The molecule has 3 N–H and O–H groups in total. The molecule has 8 nitrogen and oxygen atoms in total. The first-order valence-corrected chi connectivity index (χ1v) is 10.1. The second-order valence-corrected chi connectivity index (χ2v) is 7.55. The molecule has 0 radical (unpaired) electrons. The van der Waals surface area contributed by atoms with Gasteiger partial charge >= 0.3 is 0 Å². The Hall–Kier alpha value is -3.94. The highest BCUT2D eigenvalue weighted by atomic mass is 16.2. The Morgan fingerprint density at radius 2 is 2.00 bits per heavy atom. The lowest BCUT2D eigenvalue weighted by atomic mass is 10.1. The maximum absolute atomic E-state index is 12.8. The molecule has 0 bridgehead atoms. The molecule has 1 fully saturated rings. The minimum atomic E-state index is -0.296. The number of nitrogen functional groups attached to an aromatic ring is 1. The number of carbonyl (C=O) groups is 2. The summed E-state index contributed by atoms with van der Waals surface area (Å²) in [6.07, 6.45) is 9.23. The Balaban J connectivity index is 1.38. The van der Waals surface area contributed by atoms with Crippen molar-refractivity contribution in [2.75, 3.05) is 18.8 Å². The van der Waals surface area contributed by atoms with Crippen LogP contribution in [0.3, 0.4) is 0 Å². The summed E-state index contributed by atoms with van der Waals surface area (Å²) in [6.45, 7) is 1.05. The van der Waals surface area contributed by atoms with E-state index in [0.717, 1.165) is 16.7 Å². The third-order valence-electron chi connectivity index (χ3n) is 5.25. The monoisotopic (exact) mass is 416 g/mol. The number of anilines is 1. The van der Waals surface area contributed by atoms with E-state index in [1.54, 1.807) is 40.2 Å². The number of hydrogen-bond acceptors (Lipinski definition) is 5. The number of likely N-dealkylation sites (tertiary alicyclic amines) is 1.